The van der Waals surface area contributed by atoms with Gasteiger partial charge >= 0.3 is 0 Å². The van der Waals surface area contributed by atoms with Crippen molar-refractivity contribution in [3.8, 4) is 0 Å². The van der Waals surface area contributed by atoms with Crippen LogP contribution in [0.3, 0.4) is 0 Å². The van der Waals surface area contributed by atoms with Gasteiger partial charge in [0.05, 0.1) is 16.6 Å². The van der Waals surface area contributed by atoms with Gasteiger partial charge in [0.2, 0.25) is 11.8 Å². The van der Waals surface area contributed by atoms with E-state index in [4.69, 9.17) is 0 Å². The minimum Gasteiger partial charge on any atom is -0.396 e. The van der Waals surface area contributed by atoms with Gasteiger partial charge in [-0.15, -0.1) is 24.9 Å². The van der Waals surface area contributed by atoms with Crippen LogP contribution < -0.4 is 9.80 Å². The Morgan fingerprint density at radius 1 is 0.977 bits per heavy atom. The monoisotopic (exact) mass is 601 g/mol. The van der Waals surface area contributed by atoms with E-state index in [-0.39, 0.29) is 24.3 Å². The minimum absolute atomic E-state index is 0.0156. The number of aliphatic hydroxyl groups is 1. The number of hydrogen-bond donors (Lipinski definition) is 1. The quantitative estimate of drug-likeness (QED) is 0.264. The number of thioether (sulfide) groups is 1. The predicted octanol–water partition coefficient (Wildman–Crippen LogP) is 5.30. The smallest absolute Gasteiger partial charge is 0.251 e. The van der Waals surface area contributed by atoms with E-state index in [0.29, 0.717) is 38.9 Å². The van der Waals surface area contributed by atoms with Crippen molar-refractivity contribution in [2.75, 3.05) is 36.0 Å². The van der Waals surface area contributed by atoms with Crippen LogP contribution in [0.2, 0.25) is 0 Å². The molecule has 5 rings (SSSR count). The molecule has 7 nitrogen and oxygen atoms in total. The Morgan fingerprint density at radius 2 is 1.63 bits per heavy atom. The summed E-state index contributed by atoms with van der Waals surface area (Å²) in [4.78, 5) is 49.3. The van der Waals surface area contributed by atoms with Crippen LogP contribution in [-0.2, 0) is 14.4 Å². The molecule has 8 heteroatoms. The number of amides is 3. The molecule has 3 saturated heterocycles. The van der Waals surface area contributed by atoms with Gasteiger partial charge in [0.15, 0.2) is 0 Å². The SMILES string of the molecule is C=CCN(C(=O)[C@H]1[C@H]2C(=O)N(CCCCO)C(C(=O)N(CC=C)c3c(C)cccc3C)C23CC[C@]1(C)S3)c1ccccc1. The third-order valence-electron chi connectivity index (χ3n) is 9.52. The van der Waals surface area contributed by atoms with E-state index < -0.39 is 27.4 Å². The number of carbonyl (C=O) groups is 3. The lowest BCUT2D eigenvalue weighted by molar-refractivity contribution is -0.139. The van der Waals surface area contributed by atoms with Gasteiger partial charge in [0.1, 0.15) is 6.04 Å². The van der Waals surface area contributed by atoms with Crippen molar-refractivity contribution >= 4 is 40.9 Å². The summed E-state index contributed by atoms with van der Waals surface area (Å²) in [6.45, 7) is 14.9. The highest BCUT2D eigenvalue weighted by molar-refractivity contribution is 8.02. The van der Waals surface area contributed by atoms with Crippen LogP contribution in [0, 0.1) is 25.7 Å². The first-order chi connectivity index (χ1) is 20.6. The van der Waals surface area contributed by atoms with Crippen LogP contribution in [0.25, 0.3) is 0 Å². The first-order valence-electron chi connectivity index (χ1n) is 15.2. The number of anilines is 2. The number of fused-ring (bicyclic) bond motifs is 1. The molecular formula is C35H43N3O4S. The molecule has 3 aliphatic rings. The summed E-state index contributed by atoms with van der Waals surface area (Å²) in [6, 6.07) is 14.8. The van der Waals surface area contributed by atoms with Crippen molar-refractivity contribution in [3.05, 3.63) is 85.0 Å². The fourth-order valence-corrected chi connectivity index (χ4v) is 10.1. The van der Waals surface area contributed by atoms with Gasteiger partial charge in [-0.05, 0) is 69.7 Å². The molecule has 3 aliphatic heterocycles. The van der Waals surface area contributed by atoms with Gasteiger partial charge in [-0.2, -0.15) is 0 Å². The van der Waals surface area contributed by atoms with E-state index in [1.165, 1.54) is 0 Å². The van der Waals surface area contributed by atoms with Crippen LogP contribution in [0.15, 0.2) is 73.8 Å². The molecule has 1 spiro atoms. The Kier molecular flexibility index (Phi) is 8.91. The molecule has 2 aromatic rings. The van der Waals surface area contributed by atoms with Gasteiger partial charge in [-0.3, -0.25) is 14.4 Å². The van der Waals surface area contributed by atoms with E-state index in [1.807, 2.05) is 62.4 Å². The number of benzene rings is 2. The highest BCUT2D eigenvalue weighted by atomic mass is 32.2. The molecule has 2 aromatic carbocycles. The molecule has 43 heavy (non-hydrogen) atoms. The maximum Gasteiger partial charge on any atom is 0.251 e. The van der Waals surface area contributed by atoms with E-state index in [1.54, 1.807) is 38.6 Å². The van der Waals surface area contributed by atoms with Gasteiger partial charge < -0.3 is 19.8 Å². The predicted molar refractivity (Wildman–Crippen MR) is 174 cm³/mol. The lowest BCUT2D eigenvalue weighted by Crippen LogP contribution is -2.55. The second-order valence-corrected chi connectivity index (χ2v) is 14.1. The standard InChI is InChI=1S/C35H43N3O4S/c1-6-20-36(26-16-9-8-10-17-26)31(40)27-28-32(41)38(22-11-12-23-39)30(35(28)19-18-34(27,5)43-35)33(42)37(21-7-2)29-24(3)14-13-15-25(29)4/h6-10,13-17,27-28,30,39H,1-2,11-12,18-23H2,3-5H3/t27-,28+,30?,34+,35?/m1/s1. The summed E-state index contributed by atoms with van der Waals surface area (Å²) in [7, 11) is 0. The number of unbranched alkanes of at least 4 members (excludes halogenated alkanes) is 1. The van der Waals surface area contributed by atoms with Crippen molar-refractivity contribution in [3.63, 3.8) is 0 Å². The van der Waals surface area contributed by atoms with Crippen LogP contribution >= 0.6 is 11.8 Å². The number of hydrogen-bond acceptors (Lipinski definition) is 5. The van der Waals surface area contributed by atoms with Gasteiger partial charge in [-0.25, -0.2) is 0 Å². The lowest BCUT2D eigenvalue weighted by atomic mass is 9.66. The van der Waals surface area contributed by atoms with Gasteiger partial charge in [0.25, 0.3) is 5.91 Å². The van der Waals surface area contributed by atoms with E-state index in [2.05, 4.69) is 20.1 Å². The third kappa shape index (κ3) is 5.12. The molecule has 0 aliphatic carbocycles. The first-order valence-corrected chi connectivity index (χ1v) is 16.0. The van der Waals surface area contributed by atoms with E-state index >= 15 is 0 Å². The number of nitrogens with zero attached hydrogens (tertiary/aromatic N) is 3. The van der Waals surface area contributed by atoms with Crippen molar-refractivity contribution in [1.29, 1.82) is 0 Å². The highest BCUT2D eigenvalue weighted by Crippen LogP contribution is 2.71. The van der Waals surface area contributed by atoms with Crippen LogP contribution in [0.1, 0.15) is 43.7 Å². The summed E-state index contributed by atoms with van der Waals surface area (Å²) in [6.07, 6.45) is 5.98. The summed E-state index contributed by atoms with van der Waals surface area (Å²) in [5, 5.41) is 9.53. The molecule has 228 valence electrons. The van der Waals surface area contributed by atoms with Crippen molar-refractivity contribution in [1.82, 2.24) is 4.90 Å². The Balaban J connectivity index is 1.60. The first kappa shape index (κ1) is 31.1. The molecule has 2 bridgehead atoms. The van der Waals surface area contributed by atoms with Crippen molar-refractivity contribution in [2.24, 2.45) is 11.8 Å². The molecule has 3 fully saturated rings. The Bertz CT molecular complexity index is 1390. The summed E-state index contributed by atoms with van der Waals surface area (Å²) < 4.78 is -1.21. The molecule has 3 amide bonds. The summed E-state index contributed by atoms with van der Waals surface area (Å²) in [5.41, 5.74) is 3.56. The fourth-order valence-electron chi connectivity index (χ4n) is 7.74. The number of carbonyl (C=O) groups excluding carboxylic acids is 3. The molecule has 0 radical (unpaired) electrons. The minimum atomic E-state index is -0.727. The van der Waals surface area contributed by atoms with E-state index in [0.717, 1.165) is 28.9 Å². The largest absolute Gasteiger partial charge is 0.396 e. The third-order valence-corrected chi connectivity index (χ3v) is 11.5. The van der Waals surface area contributed by atoms with Gasteiger partial charge in [-0.1, -0.05) is 48.6 Å². The molecule has 0 saturated carbocycles. The Morgan fingerprint density at radius 3 is 2.26 bits per heavy atom. The molecular weight excluding hydrogens is 558 g/mol. The Labute approximate surface area is 259 Å². The maximum absolute atomic E-state index is 14.9. The number of para-hydroxylation sites is 2. The van der Waals surface area contributed by atoms with Crippen LogP contribution in [-0.4, -0.2) is 69.5 Å². The zero-order valence-corrected chi connectivity index (χ0v) is 26.3. The molecule has 5 atom stereocenters. The lowest BCUT2D eigenvalue weighted by Gasteiger charge is -2.38. The summed E-state index contributed by atoms with van der Waals surface area (Å²) in [5.74, 6) is -1.55. The second kappa shape index (κ2) is 12.3. The topological polar surface area (TPSA) is 81.2 Å². The maximum atomic E-state index is 14.9. The van der Waals surface area contributed by atoms with E-state index in [9.17, 15) is 19.5 Å². The van der Waals surface area contributed by atoms with Gasteiger partial charge in [0, 0.05) is 42.4 Å². The molecule has 1 N–H and O–H groups in total. The zero-order chi connectivity index (χ0) is 30.9. The number of aryl methyl sites for hydroxylation is 2. The average molecular weight is 602 g/mol. The Hall–Kier alpha value is -3.36. The normalized spacial score (nSPS) is 27.2. The number of aliphatic hydroxyl groups excluding tert-OH is 1. The number of rotatable bonds is 12. The summed E-state index contributed by atoms with van der Waals surface area (Å²) >= 11 is 1.68. The highest BCUT2D eigenvalue weighted by Gasteiger charge is 2.77. The molecule has 2 unspecified atom stereocenters. The second-order valence-electron chi connectivity index (χ2n) is 12.2. The van der Waals surface area contributed by atoms with Crippen molar-refractivity contribution < 1.29 is 19.5 Å². The molecule has 3 heterocycles. The van der Waals surface area contributed by atoms with Crippen molar-refractivity contribution in [2.45, 2.75) is 62.0 Å². The van der Waals surface area contributed by atoms with Crippen LogP contribution in [0.4, 0.5) is 11.4 Å². The van der Waals surface area contributed by atoms with Crippen LogP contribution in [0.5, 0.6) is 0 Å². The average Bonchev–Trinajstić information content (AvgIpc) is 3.56. The zero-order valence-electron chi connectivity index (χ0n) is 25.5. The number of likely N-dealkylation sites (tertiary alicyclic amines) is 1. The molecule has 0 aromatic heterocycles. The fraction of sp³-hybridized carbons (Fsp3) is 0.457.